The molecular formula is C10H12N2O4S. The van der Waals surface area contributed by atoms with E-state index in [9.17, 15) is 13.2 Å². The van der Waals surface area contributed by atoms with Crippen LogP contribution in [0.3, 0.4) is 0 Å². The van der Waals surface area contributed by atoms with Gasteiger partial charge in [-0.1, -0.05) is 30.3 Å². The van der Waals surface area contributed by atoms with Crippen LogP contribution in [-0.2, 0) is 21.5 Å². The van der Waals surface area contributed by atoms with Crippen molar-refractivity contribution in [2.75, 3.05) is 6.54 Å². The minimum atomic E-state index is -3.68. The Kier molecular flexibility index (Phi) is 3.14. The van der Waals surface area contributed by atoms with E-state index >= 15 is 0 Å². The van der Waals surface area contributed by atoms with E-state index in [1.807, 2.05) is 6.07 Å². The Hall–Kier alpha value is -1.44. The molecule has 1 aromatic carbocycles. The second-order valence-corrected chi connectivity index (χ2v) is 5.45. The molecule has 1 fully saturated rings. The standard InChI is InChI=1S/C10H12N2O4S/c13-10(14)9-6-11-17(15,16)12(9)7-8-4-2-1-3-5-8/h1-5,9,11H,6-7H2,(H,13,14)/t9-/m0/s1. The summed E-state index contributed by atoms with van der Waals surface area (Å²) in [5, 5.41) is 8.95. The Bertz CT molecular complexity index is 514. The van der Waals surface area contributed by atoms with Crippen molar-refractivity contribution in [3.63, 3.8) is 0 Å². The maximum Gasteiger partial charge on any atom is 0.323 e. The van der Waals surface area contributed by atoms with Crippen LogP contribution in [0.1, 0.15) is 5.56 Å². The predicted molar refractivity (Wildman–Crippen MR) is 60.3 cm³/mol. The van der Waals surface area contributed by atoms with Crippen LogP contribution in [0.4, 0.5) is 0 Å². The van der Waals surface area contributed by atoms with Gasteiger partial charge in [0.2, 0.25) is 0 Å². The fourth-order valence-electron chi connectivity index (χ4n) is 1.71. The van der Waals surface area contributed by atoms with Crippen molar-refractivity contribution in [3.8, 4) is 0 Å². The van der Waals surface area contributed by atoms with Gasteiger partial charge in [0.15, 0.2) is 0 Å². The maximum atomic E-state index is 11.6. The zero-order chi connectivity index (χ0) is 12.5. The zero-order valence-electron chi connectivity index (χ0n) is 8.91. The number of nitrogens with zero attached hydrogens (tertiary/aromatic N) is 1. The van der Waals surface area contributed by atoms with E-state index in [-0.39, 0.29) is 13.1 Å². The average Bonchev–Trinajstić information content (AvgIpc) is 2.56. The first-order valence-corrected chi connectivity index (χ1v) is 6.48. The molecule has 0 aliphatic carbocycles. The Morgan fingerprint density at radius 3 is 2.65 bits per heavy atom. The van der Waals surface area contributed by atoms with Crippen molar-refractivity contribution in [3.05, 3.63) is 35.9 Å². The van der Waals surface area contributed by atoms with E-state index in [1.165, 1.54) is 0 Å². The molecule has 0 unspecified atom stereocenters. The second kappa shape index (κ2) is 4.44. The van der Waals surface area contributed by atoms with Gasteiger partial charge < -0.3 is 5.11 Å². The van der Waals surface area contributed by atoms with Crippen molar-refractivity contribution in [1.82, 2.24) is 9.03 Å². The van der Waals surface area contributed by atoms with Crippen molar-refractivity contribution >= 4 is 16.2 Å². The molecule has 17 heavy (non-hydrogen) atoms. The normalized spacial score (nSPS) is 23.6. The van der Waals surface area contributed by atoms with E-state index in [0.717, 1.165) is 9.87 Å². The van der Waals surface area contributed by atoms with Crippen LogP contribution in [0.15, 0.2) is 30.3 Å². The first kappa shape index (κ1) is 12.0. The van der Waals surface area contributed by atoms with Crippen LogP contribution in [-0.4, -0.2) is 36.4 Å². The number of rotatable bonds is 3. The number of benzene rings is 1. The summed E-state index contributed by atoms with van der Waals surface area (Å²) in [4.78, 5) is 10.9. The first-order chi connectivity index (χ1) is 8.00. The molecule has 6 nitrogen and oxygen atoms in total. The topological polar surface area (TPSA) is 86.7 Å². The van der Waals surface area contributed by atoms with E-state index < -0.39 is 22.2 Å². The van der Waals surface area contributed by atoms with E-state index in [1.54, 1.807) is 24.3 Å². The molecule has 0 aromatic heterocycles. The van der Waals surface area contributed by atoms with Gasteiger partial charge in [-0.15, -0.1) is 0 Å². The average molecular weight is 256 g/mol. The van der Waals surface area contributed by atoms with Gasteiger partial charge in [-0.3, -0.25) is 4.79 Å². The molecule has 92 valence electrons. The number of nitrogens with one attached hydrogen (secondary N) is 1. The summed E-state index contributed by atoms with van der Waals surface area (Å²) in [6.07, 6.45) is 0. The van der Waals surface area contributed by atoms with Gasteiger partial charge in [0.1, 0.15) is 6.04 Å². The van der Waals surface area contributed by atoms with E-state index in [2.05, 4.69) is 4.72 Å². The number of hydrogen-bond acceptors (Lipinski definition) is 3. The molecule has 1 aromatic rings. The smallest absolute Gasteiger partial charge is 0.323 e. The molecule has 0 spiro atoms. The third kappa shape index (κ3) is 2.46. The second-order valence-electron chi connectivity index (χ2n) is 3.74. The Balaban J connectivity index is 2.25. The number of carboxylic acid groups (broad SMARTS) is 1. The lowest BCUT2D eigenvalue weighted by atomic mass is 10.2. The van der Waals surface area contributed by atoms with E-state index in [4.69, 9.17) is 5.11 Å². The molecule has 0 radical (unpaired) electrons. The molecule has 1 heterocycles. The molecule has 0 amide bonds. The van der Waals surface area contributed by atoms with Crippen molar-refractivity contribution in [2.45, 2.75) is 12.6 Å². The summed E-state index contributed by atoms with van der Waals surface area (Å²) in [6, 6.07) is 7.84. The van der Waals surface area contributed by atoms with Crippen LogP contribution < -0.4 is 4.72 Å². The molecule has 1 saturated heterocycles. The highest BCUT2D eigenvalue weighted by atomic mass is 32.2. The summed E-state index contributed by atoms with van der Waals surface area (Å²) in [5.74, 6) is -1.14. The Morgan fingerprint density at radius 2 is 2.06 bits per heavy atom. The molecule has 2 N–H and O–H groups in total. The van der Waals surface area contributed by atoms with Gasteiger partial charge in [0.05, 0.1) is 0 Å². The lowest BCUT2D eigenvalue weighted by Crippen LogP contribution is -2.39. The van der Waals surface area contributed by atoms with E-state index in [0.29, 0.717) is 0 Å². The van der Waals surface area contributed by atoms with Crippen molar-refractivity contribution < 1.29 is 18.3 Å². The molecule has 1 aliphatic heterocycles. The molecule has 0 saturated carbocycles. The van der Waals surface area contributed by atoms with Gasteiger partial charge in [0, 0.05) is 13.1 Å². The Labute approximate surface area is 99.0 Å². The summed E-state index contributed by atoms with van der Waals surface area (Å²) >= 11 is 0. The van der Waals surface area contributed by atoms with Crippen LogP contribution in [0.2, 0.25) is 0 Å². The predicted octanol–water partition coefficient (Wildman–Crippen LogP) is -0.210. The number of aliphatic carboxylic acids is 1. The fourth-order valence-corrected chi connectivity index (χ4v) is 3.06. The maximum absolute atomic E-state index is 11.6. The van der Waals surface area contributed by atoms with Gasteiger partial charge in [-0.2, -0.15) is 17.4 Å². The Morgan fingerprint density at radius 1 is 1.41 bits per heavy atom. The third-order valence-electron chi connectivity index (χ3n) is 2.58. The van der Waals surface area contributed by atoms with Gasteiger partial charge >= 0.3 is 5.97 Å². The van der Waals surface area contributed by atoms with Gasteiger partial charge in [0.25, 0.3) is 10.2 Å². The minimum absolute atomic E-state index is 0.0626. The molecule has 1 aliphatic rings. The van der Waals surface area contributed by atoms with Crippen LogP contribution in [0.5, 0.6) is 0 Å². The van der Waals surface area contributed by atoms with Gasteiger partial charge in [-0.05, 0) is 5.56 Å². The molecule has 0 bridgehead atoms. The highest BCUT2D eigenvalue weighted by molar-refractivity contribution is 7.87. The van der Waals surface area contributed by atoms with Crippen LogP contribution >= 0.6 is 0 Å². The zero-order valence-corrected chi connectivity index (χ0v) is 9.72. The van der Waals surface area contributed by atoms with Crippen LogP contribution in [0, 0.1) is 0 Å². The lowest BCUT2D eigenvalue weighted by Gasteiger charge is -2.18. The summed E-state index contributed by atoms with van der Waals surface area (Å²) in [5.41, 5.74) is 0.756. The fraction of sp³-hybridized carbons (Fsp3) is 0.300. The summed E-state index contributed by atoms with van der Waals surface area (Å²) in [6.45, 7) is -0.0301. The SMILES string of the molecule is O=C(O)[C@@H]1CNS(=O)(=O)N1Cc1ccccc1. The minimum Gasteiger partial charge on any atom is -0.480 e. The molecule has 1 atom stereocenters. The van der Waals surface area contributed by atoms with Crippen molar-refractivity contribution in [1.29, 1.82) is 0 Å². The monoisotopic (exact) mass is 256 g/mol. The van der Waals surface area contributed by atoms with Gasteiger partial charge in [-0.25, -0.2) is 0 Å². The van der Waals surface area contributed by atoms with Crippen molar-refractivity contribution in [2.24, 2.45) is 0 Å². The molecule has 2 rings (SSSR count). The third-order valence-corrected chi connectivity index (χ3v) is 4.11. The lowest BCUT2D eigenvalue weighted by molar-refractivity contribution is -0.140. The highest BCUT2D eigenvalue weighted by Gasteiger charge is 2.41. The van der Waals surface area contributed by atoms with Crippen LogP contribution in [0.25, 0.3) is 0 Å². The summed E-state index contributed by atoms with van der Waals surface area (Å²) < 4.78 is 26.4. The number of carboxylic acids is 1. The highest BCUT2D eigenvalue weighted by Crippen LogP contribution is 2.17. The molecular weight excluding hydrogens is 244 g/mol. The first-order valence-electron chi connectivity index (χ1n) is 5.04. The number of carbonyl (C=O) groups is 1. The molecule has 7 heteroatoms. The largest absolute Gasteiger partial charge is 0.480 e. The quantitative estimate of drug-likeness (QED) is 0.783. The number of hydrogen-bond donors (Lipinski definition) is 2. The summed E-state index contributed by atoms with van der Waals surface area (Å²) in [7, 11) is -3.68.